The van der Waals surface area contributed by atoms with Crippen molar-refractivity contribution in [2.45, 2.75) is 39.2 Å². The third-order valence-electron chi connectivity index (χ3n) is 2.88. The van der Waals surface area contributed by atoms with E-state index in [1.165, 1.54) is 5.56 Å². The Hall–Kier alpha value is -0.570. The fraction of sp³-hybridized carbons (Fsp3) is 0.600. The van der Waals surface area contributed by atoms with Gasteiger partial charge in [-0.05, 0) is 37.4 Å². The van der Waals surface area contributed by atoms with E-state index in [0.29, 0.717) is 6.04 Å². The lowest BCUT2D eigenvalue weighted by Gasteiger charge is -2.18. The second-order valence-corrected chi connectivity index (χ2v) is 4.86. The first-order valence-electron chi connectivity index (χ1n) is 6.82. The highest BCUT2D eigenvalue weighted by atomic mass is 35.5. The number of hydrogen-bond donors (Lipinski definition) is 1. The summed E-state index contributed by atoms with van der Waals surface area (Å²) in [5, 5.41) is 4.35. The van der Waals surface area contributed by atoms with Crippen molar-refractivity contribution in [2.75, 3.05) is 19.8 Å². The van der Waals surface area contributed by atoms with Gasteiger partial charge in [0.05, 0.1) is 0 Å². The Labute approximate surface area is 116 Å². The van der Waals surface area contributed by atoms with E-state index in [-0.39, 0.29) is 0 Å². The van der Waals surface area contributed by atoms with Gasteiger partial charge < -0.3 is 10.1 Å². The van der Waals surface area contributed by atoms with E-state index in [1.54, 1.807) is 0 Å². The first-order chi connectivity index (χ1) is 8.77. The number of likely N-dealkylation sites (N-methyl/N-ethyl adjacent to an activating group) is 1. The quantitative estimate of drug-likeness (QED) is 0.691. The second-order valence-electron chi connectivity index (χ2n) is 4.45. The van der Waals surface area contributed by atoms with Crippen LogP contribution >= 0.6 is 11.6 Å². The fourth-order valence-electron chi connectivity index (χ4n) is 1.97. The molecule has 0 amide bonds. The van der Waals surface area contributed by atoms with Crippen LogP contribution in [0.1, 0.15) is 32.3 Å². The fourth-order valence-corrected chi connectivity index (χ4v) is 2.18. The molecule has 0 saturated carbocycles. The summed E-state index contributed by atoms with van der Waals surface area (Å²) in [6.45, 7) is 6.90. The third kappa shape index (κ3) is 5.85. The predicted octanol–water partition coefficient (Wildman–Crippen LogP) is 3.68. The summed E-state index contributed by atoms with van der Waals surface area (Å²) in [5.74, 6) is 0. The average molecular weight is 270 g/mol. The molecule has 3 heteroatoms. The van der Waals surface area contributed by atoms with Gasteiger partial charge in [0.2, 0.25) is 0 Å². The van der Waals surface area contributed by atoms with Crippen LogP contribution in [0.5, 0.6) is 0 Å². The van der Waals surface area contributed by atoms with Gasteiger partial charge in [-0.1, -0.05) is 43.6 Å². The predicted molar refractivity (Wildman–Crippen MR) is 78.3 cm³/mol. The minimum Gasteiger partial charge on any atom is -0.381 e. The minimum atomic E-state index is 0.437. The van der Waals surface area contributed by atoms with E-state index in [4.69, 9.17) is 16.3 Å². The van der Waals surface area contributed by atoms with Crippen LogP contribution in [0, 0.1) is 0 Å². The Bertz CT molecular complexity index is 330. The highest BCUT2D eigenvalue weighted by molar-refractivity contribution is 6.31. The molecule has 0 aliphatic carbocycles. The molecule has 102 valence electrons. The number of benzene rings is 1. The van der Waals surface area contributed by atoms with Gasteiger partial charge in [-0.15, -0.1) is 0 Å². The molecule has 1 rings (SSSR count). The molecule has 0 spiro atoms. The number of hydrogen-bond acceptors (Lipinski definition) is 2. The first-order valence-corrected chi connectivity index (χ1v) is 7.20. The lowest BCUT2D eigenvalue weighted by atomic mass is 10.0. The van der Waals surface area contributed by atoms with Crippen molar-refractivity contribution in [3.05, 3.63) is 34.9 Å². The van der Waals surface area contributed by atoms with E-state index in [9.17, 15) is 0 Å². The molecule has 18 heavy (non-hydrogen) atoms. The summed E-state index contributed by atoms with van der Waals surface area (Å²) in [7, 11) is 0. The summed E-state index contributed by atoms with van der Waals surface area (Å²) >= 11 is 6.19. The Kier molecular flexibility index (Phi) is 8.06. The number of nitrogens with one attached hydrogen (secondary N) is 1. The van der Waals surface area contributed by atoms with Crippen LogP contribution in [0.2, 0.25) is 5.02 Å². The van der Waals surface area contributed by atoms with E-state index in [2.05, 4.69) is 25.2 Å². The summed E-state index contributed by atoms with van der Waals surface area (Å²) in [4.78, 5) is 0. The molecule has 1 N–H and O–H groups in total. The molecular weight excluding hydrogens is 246 g/mol. The summed E-state index contributed by atoms with van der Waals surface area (Å²) in [6.07, 6.45) is 3.07. The molecule has 0 fully saturated rings. The largest absolute Gasteiger partial charge is 0.381 e. The lowest BCUT2D eigenvalue weighted by molar-refractivity contribution is 0.124. The normalized spacial score (nSPS) is 12.6. The molecule has 0 heterocycles. The zero-order chi connectivity index (χ0) is 13.2. The van der Waals surface area contributed by atoms with Gasteiger partial charge in [0, 0.05) is 24.3 Å². The SMILES string of the molecule is CCCOCCC(Cc1ccccc1Cl)NCC. The van der Waals surface area contributed by atoms with E-state index >= 15 is 0 Å². The Morgan fingerprint density at radius 2 is 2.00 bits per heavy atom. The zero-order valence-electron chi connectivity index (χ0n) is 11.4. The molecule has 0 aliphatic heterocycles. The maximum absolute atomic E-state index is 6.19. The maximum atomic E-state index is 6.19. The summed E-state index contributed by atoms with van der Waals surface area (Å²) < 4.78 is 5.55. The smallest absolute Gasteiger partial charge is 0.0480 e. The molecule has 0 saturated heterocycles. The van der Waals surface area contributed by atoms with Crippen molar-refractivity contribution < 1.29 is 4.74 Å². The van der Waals surface area contributed by atoms with Gasteiger partial charge in [-0.3, -0.25) is 0 Å². The first kappa shape index (κ1) is 15.5. The summed E-state index contributed by atoms with van der Waals surface area (Å²) in [6, 6.07) is 8.50. The van der Waals surface area contributed by atoms with Gasteiger partial charge in [0.15, 0.2) is 0 Å². The molecule has 0 bridgehead atoms. The van der Waals surface area contributed by atoms with Crippen molar-refractivity contribution >= 4 is 11.6 Å². The molecule has 1 atom stereocenters. The van der Waals surface area contributed by atoms with Crippen molar-refractivity contribution in [3.63, 3.8) is 0 Å². The second kappa shape index (κ2) is 9.37. The van der Waals surface area contributed by atoms with Gasteiger partial charge in [-0.2, -0.15) is 0 Å². The monoisotopic (exact) mass is 269 g/mol. The van der Waals surface area contributed by atoms with Crippen molar-refractivity contribution in [2.24, 2.45) is 0 Å². The van der Waals surface area contributed by atoms with Crippen LogP contribution in [0.3, 0.4) is 0 Å². The lowest BCUT2D eigenvalue weighted by Crippen LogP contribution is -2.32. The molecular formula is C15H24ClNO. The maximum Gasteiger partial charge on any atom is 0.0480 e. The molecule has 1 aromatic carbocycles. The van der Waals surface area contributed by atoms with Crippen molar-refractivity contribution in [1.29, 1.82) is 0 Å². The van der Waals surface area contributed by atoms with E-state index in [1.807, 2.05) is 18.2 Å². The van der Waals surface area contributed by atoms with E-state index < -0.39 is 0 Å². The van der Waals surface area contributed by atoms with Crippen LogP contribution in [0.25, 0.3) is 0 Å². The highest BCUT2D eigenvalue weighted by Crippen LogP contribution is 2.17. The van der Waals surface area contributed by atoms with Crippen molar-refractivity contribution in [1.82, 2.24) is 5.32 Å². The third-order valence-corrected chi connectivity index (χ3v) is 3.24. The number of halogens is 1. The molecule has 0 aromatic heterocycles. The van der Waals surface area contributed by atoms with Gasteiger partial charge >= 0.3 is 0 Å². The van der Waals surface area contributed by atoms with Gasteiger partial charge in [0.25, 0.3) is 0 Å². The number of ether oxygens (including phenoxy) is 1. The van der Waals surface area contributed by atoms with Gasteiger partial charge in [-0.25, -0.2) is 0 Å². The molecule has 0 radical (unpaired) electrons. The molecule has 1 unspecified atom stereocenters. The Balaban J connectivity index is 2.44. The number of rotatable bonds is 9. The van der Waals surface area contributed by atoms with Crippen LogP contribution in [0.15, 0.2) is 24.3 Å². The standard InChI is InChI=1S/C15H24ClNO/c1-3-10-18-11-9-14(17-4-2)12-13-7-5-6-8-15(13)16/h5-8,14,17H,3-4,9-12H2,1-2H3. The Morgan fingerprint density at radius 1 is 1.22 bits per heavy atom. The van der Waals surface area contributed by atoms with Gasteiger partial charge in [0.1, 0.15) is 0 Å². The Morgan fingerprint density at radius 3 is 2.67 bits per heavy atom. The minimum absolute atomic E-state index is 0.437. The van der Waals surface area contributed by atoms with Crippen LogP contribution in [-0.4, -0.2) is 25.8 Å². The van der Waals surface area contributed by atoms with Crippen LogP contribution < -0.4 is 5.32 Å². The zero-order valence-corrected chi connectivity index (χ0v) is 12.2. The highest BCUT2D eigenvalue weighted by Gasteiger charge is 2.10. The van der Waals surface area contributed by atoms with Crippen LogP contribution in [-0.2, 0) is 11.2 Å². The topological polar surface area (TPSA) is 21.3 Å². The average Bonchev–Trinajstić information content (AvgIpc) is 2.37. The van der Waals surface area contributed by atoms with E-state index in [0.717, 1.165) is 44.0 Å². The molecule has 2 nitrogen and oxygen atoms in total. The molecule has 1 aromatic rings. The van der Waals surface area contributed by atoms with Crippen molar-refractivity contribution in [3.8, 4) is 0 Å². The summed E-state index contributed by atoms with van der Waals surface area (Å²) in [5.41, 5.74) is 1.21. The van der Waals surface area contributed by atoms with Crippen LogP contribution in [0.4, 0.5) is 0 Å². The molecule has 0 aliphatic rings.